The predicted octanol–water partition coefficient (Wildman–Crippen LogP) is 2.29. The van der Waals surface area contributed by atoms with Crippen LogP contribution in [-0.2, 0) is 6.42 Å². The number of hydrogen-bond acceptors (Lipinski definition) is 4. The monoisotopic (exact) mass is 220 g/mol. The highest BCUT2D eigenvalue weighted by molar-refractivity contribution is 5.57. The molecule has 4 heteroatoms. The molecule has 1 aliphatic carbocycles. The van der Waals surface area contributed by atoms with Crippen LogP contribution in [0.4, 0.5) is 11.6 Å². The summed E-state index contributed by atoms with van der Waals surface area (Å²) in [6.45, 7) is 4.38. The minimum atomic E-state index is 0.620. The van der Waals surface area contributed by atoms with Crippen LogP contribution < -0.4 is 10.6 Å². The zero-order valence-corrected chi connectivity index (χ0v) is 10.2. The number of anilines is 2. The summed E-state index contributed by atoms with van der Waals surface area (Å²) in [5, 5.41) is 6.63. The highest BCUT2D eigenvalue weighted by Gasteiger charge is 2.35. The van der Waals surface area contributed by atoms with Crippen LogP contribution in [0.25, 0.3) is 0 Å². The zero-order chi connectivity index (χ0) is 11.5. The molecule has 1 heterocycles. The Bertz CT molecular complexity index is 364. The summed E-state index contributed by atoms with van der Waals surface area (Å²) in [6.07, 6.45) is 5.10. The van der Waals surface area contributed by atoms with Crippen molar-refractivity contribution in [1.82, 2.24) is 9.97 Å². The summed E-state index contributed by atoms with van der Waals surface area (Å²) in [4.78, 5) is 8.58. The van der Waals surface area contributed by atoms with E-state index in [9.17, 15) is 0 Å². The fourth-order valence-electron chi connectivity index (χ4n) is 2.14. The maximum atomic E-state index is 4.34. The molecule has 1 saturated carbocycles. The van der Waals surface area contributed by atoms with Crippen LogP contribution in [0.1, 0.15) is 32.3 Å². The highest BCUT2D eigenvalue weighted by atomic mass is 15.1. The van der Waals surface area contributed by atoms with Gasteiger partial charge in [-0.15, -0.1) is 0 Å². The van der Waals surface area contributed by atoms with Gasteiger partial charge in [0.15, 0.2) is 0 Å². The number of nitrogens with zero attached hydrogens (tertiary/aromatic N) is 2. The second-order valence-corrected chi connectivity index (χ2v) is 4.31. The van der Waals surface area contributed by atoms with Crippen LogP contribution in [0.3, 0.4) is 0 Å². The predicted molar refractivity (Wildman–Crippen MR) is 66.8 cm³/mol. The lowest BCUT2D eigenvalue weighted by Gasteiger charge is -2.12. The van der Waals surface area contributed by atoms with E-state index in [2.05, 4.69) is 34.4 Å². The van der Waals surface area contributed by atoms with Crippen LogP contribution in [0.15, 0.2) is 6.33 Å². The van der Waals surface area contributed by atoms with Crippen molar-refractivity contribution in [2.45, 2.75) is 39.2 Å². The average Bonchev–Trinajstić information content (AvgIpc) is 3.07. The van der Waals surface area contributed by atoms with Gasteiger partial charge in [-0.3, -0.25) is 0 Å². The van der Waals surface area contributed by atoms with Gasteiger partial charge in [-0.1, -0.05) is 20.3 Å². The average molecular weight is 220 g/mol. The molecule has 0 spiro atoms. The molecule has 0 radical (unpaired) electrons. The van der Waals surface area contributed by atoms with Gasteiger partial charge in [0.25, 0.3) is 0 Å². The Balaban J connectivity index is 2.14. The number of hydrogen-bond donors (Lipinski definition) is 2. The van der Waals surface area contributed by atoms with Crippen LogP contribution in [0.2, 0.25) is 0 Å². The molecule has 1 aromatic heterocycles. The molecule has 0 aliphatic heterocycles. The van der Waals surface area contributed by atoms with E-state index >= 15 is 0 Å². The molecule has 2 N–H and O–H groups in total. The molecule has 4 nitrogen and oxygen atoms in total. The van der Waals surface area contributed by atoms with Gasteiger partial charge in [-0.25, -0.2) is 9.97 Å². The Labute approximate surface area is 96.9 Å². The minimum Gasteiger partial charge on any atom is -0.373 e. The highest BCUT2D eigenvalue weighted by Crippen LogP contribution is 2.36. The Morgan fingerprint density at radius 3 is 2.62 bits per heavy atom. The van der Waals surface area contributed by atoms with Crippen molar-refractivity contribution in [3.63, 3.8) is 0 Å². The molecule has 88 valence electrons. The van der Waals surface area contributed by atoms with Gasteiger partial charge in [0.1, 0.15) is 18.0 Å². The quantitative estimate of drug-likeness (QED) is 0.799. The van der Waals surface area contributed by atoms with E-state index in [-0.39, 0.29) is 0 Å². The fraction of sp³-hybridized carbons (Fsp3) is 0.667. The van der Waals surface area contributed by atoms with Crippen molar-refractivity contribution >= 4 is 11.6 Å². The number of nitrogens with one attached hydrogen (secondary N) is 2. The van der Waals surface area contributed by atoms with E-state index in [1.54, 1.807) is 6.33 Å². The largest absolute Gasteiger partial charge is 0.373 e. The molecule has 16 heavy (non-hydrogen) atoms. The van der Waals surface area contributed by atoms with Gasteiger partial charge in [-0.05, 0) is 18.8 Å². The van der Waals surface area contributed by atoms with Gasteiger partial charge in [0, 0.05) is 18.7 Å². The van der Waals surface area contributed by atoms with Crippen molar-refractivity contribution in [2.24, 2.45) is 5.92 Å². The molecule has 0 saturated heterocycles. The first-order chi connectivity index (χ1) is 7.80. The summed E-state index contributed by atoms with van der Waals surface area (Å²) in [5.74, 6) is 2.77. The summed E-state index contributed by atoms with van der Waals surface area (Å²) < 4.78 is 0. The third kappa shape index (κ3) is 2.10. The molecule has 1 aliphatic rings. The molecule has 1 aromatic rings. The van der Waals surface area contributed by atoms with E-state index in [1.807, 2.05) is 7.05 Å². The first-order valence-corrected chi connectivity index (χ1v) is 6.08. The molecular weight excluding hydrogens is 200 g/mol. The summed E-state index contributed by atoms with van der Waals surface area (Å²) >= 11 is 0. The fourth-order valence-corrected chi connectivity index (χ4v) is 2.14. The SMILES string of the molecule is CCc1c(NC)ncnc1NC1CC1CC. The third-order valence-electron chi connectivity index (χ3n) is 3.30. The van der Waals surface area contributed by atoms with Crippen molar-refractivity contribution in [1.29, 1.82) is 0 Å². The van der Waals surface area contributed by atoms with Crippen molar-refractivity contribution in [2.75, 3.05) is 17.7 Å². The number of rotatable bonds is 5. The molecule has 1 fully saturated rings. The standard InChI is InChI=1S/C12H20N4/c1-4-8-6-10(8)16-12-9(5-2)11(13-3)14-7-15-12/h7-8,10H,4-6H2,1-3H3,(H2,13,14,15,16). The van der Waals surface area contributed by atoms with Crippen LogP contribution >= 0.6 is 0 Å². The first kappa shape index (κ1) is 11.2. The Morgan fingerprint density at radius 2 is 2.06 bits per heavy atom. The maximum Gasteiger partial charge on any atom is 0.134 e. The van der Waals surface area contributed by atoms with E-state index in [4.69, 9.17) is 0 Å². The van der Waals surface area contributed by atoms with Crippen LogP contribution in [0.5, 0.6) is 0 Å². The number of aromatic nitrogens is 2. The van der Waals surface area contributed by atoms with Crippen molar-refractivity contribution in [3.8, 4) is 0 Å². The van der Waals surface area contributed by atoms with E-state index in [0.717, 1.165) is 24.0 Å². The first-order valence-electron chi connectivity index (χ1n) is 6.08. The zero-order valence-electron chi connectivity index (χ0n) is 10.2. The summed E-state index contributed by atoms with van der Waals surface area (Å²) in [6, 6.07) is 0.620. The van der Waals surface area contributed by atoms with Gasteiger partial charge in [-0.2, -0.15) is 0 Å². The van der Waals surface area contributed by atoms with Crippen molar-refractivity contribution < 1.29 is 0 Å². The Hall–Kier alpha value is -1.32. The molecule has 0 aromatic carbocycles. The smallest absolute Gasteiger partial charge is 0.134 e. The topological polar surface area (TPSA) is 49.8 Å². The van der Waals surface area contributed by atoms with Gasteiger partial charge < -0.3 is 10.6 Å². The minimum absolute atomic E-state index is 0.620. The lowest BCUT2D eigenvalue weighted by molar-refractivity contribution is 0.772. The van der Waals surface area contributed by atoms with Gasteiger partial charge >= 0.3 is 0 Å². The molecule has 0 amide bonds. The summed E-state index contributed by atoms with van der Waals surface area (Å²) in [7, 11) is 1.90. The lowest BCUT2D eigenvalue weighted by Crippen LogP contribution is -2.11. The van der Waals surface area contributed by atoms with Crippen LogP contribution in [0, 0.1) is 5.92 Å². The molecular formula is C12H20N4. The molecule has 2 atom stereocenters. The lowest BCUT2D eigenvalue weighted by atomic mass is 10.2. The Morgan fingerprint density at radius 1 is 1.31 bits per heavy atom. The van der Waals surface area contributed by atoms with E-state index in [1.165, 1.54) is 18.4 Å². The second-order valence-electron chi connectivity index (χ2n) is 4.31. The molecule has 2 unspecified atom stereocenters. The van der Waals surface area contributed by atoms with Crippen molar-refractivity contribution in [3.05, 3.63) is 11.9 Å². The second kappa shape index (κ2) is 4.68. The van der Waals surface area contributed by atoms with E-state index < -0.39 is 0 Å². The molecule has 2 rings (SSSR count). The van der Waals surface area contributed by atoms with Crippen LogP contribution in [-0.4, -0.2) is 23.1 Å². The maximum absolute atomic E-state index is 4.34. The third-order valence-corrected chi connectivity index (χ3v) is 3.30. The normalized spacial score (nSPS) is 22.9. The summed E-state index contributed by atoms with van der Waals surface area (Å²) in [5.41, 5.74) is 1.19. The molecule has 0 bridgehead atoms. The van der Waals surface area contributed by atoms with E-state index in [0.29, 0.717) is 6.04 Å². The van der Waals surface area contributed by atoms with Gasteiger partial charge in [0.05, 0.1) is 0 Å². The Kier molecular flexibility index (Phi) is 3.27. The van der Waals surface area contributed by atoms with Gasteiger partial charge in [0.2, 0.25) is 0 Å².